The number of hydrogen-bond acceptors (Lipinski definition) is 3. The fourth-order valence-corrected chi connectivity index (χ4v) is 1.92. The van der Waals surface area contributed by atoms with Crippen molar-refractivity contribution in [3.63, 3.8) is 0 Å². The summed E-state index contributed by atoms with van der Waals surface area (Å²) in [5.41, 5.74) is 0.0605. The number of ether oxygens (including phenoxy) is 1. The molecule has 0 aliphatic carbocycles. The molecule has 0 saturated carbocycles. The summed E-state index contributed by atoms with van der Waals surface area (Å²) in [6.45, 7) is 0.0365. The summed E-state index contributed by atoms with van der Waals surface area (Å²) in [6.07, 6.45) is -3.87. The molecular formula is C14H8Cl2F3NO2. The van der Waals surface area contributed by atoms with Crippen molar-refractivity contribution >= 4 is 28.4 Å². The Balaban J connectivity index is 2.07. The number of alkyl halides is 3. The van der Waals surface area contributed by atoms with Gasteiger partial charge in [-0.15, -0.1) is 0 Å². The molecule has 0 amide bonds. The summed E-state index contributed by atoms with van der Waals surface area (Å²) < 4.78 is 42.7. The maximum Gasteiger partial charge on any atom is 0.417 e. The number of nitrogens with zero attached hydrogens (tertiary/aromatic N) is 1. The van der Waals surface area contributed by atoms with Crippen LogP contribution in [0.15, 0.2) is 36.5 Å². The van der Waals surface area contributed by atoms with Crippen molar-refractivity contribution in [3.8, 4) is 5.88 Å². The molecule has 0 aliphatic heterocycles. The van der Waals surface area contributed by atoms with Crippen LogP contribution in [0.25, 0.3) is 0 Å². The predicted octanol–water partition coefficient (Wildman–Crippen LogP) is 4.71. The van der Waals surface area contributed by atoms with E-state index in [4.69, 9.17) is 27.9 Å². The highest BCUT2D eigenvalue weighted by molar-refractivity contribution is 6.67. The van der Waals surface area contributed by atoms with E-state index in [0.29, 0.717) is 17.3 Å². The first-order chi connectivity index (χ1) is 10.3. The molecule has 0 saturated heterocycles. The second-order valence-electron chi connectivity index (χ2n) is 4.27. The van der Waals surface area contributed by atoms with E-state index in [2.05, 4.69) is 4.98 Å². The van der Waals surface area contributed by atoms with Crippen molar-refractivity contribution in [1.82, 2.24) is 4.98 Å². The number of rotatable bonds is 4. The number of aromatic nitrogens is 1. The first-order valence-electron chi connectivity index (χ1n) is 5.91. The van der Waals surface area contributed by atoms with Gasteiger partial charge in [-0.3, -0.25) is 4.79 Å². The fourth-order valence-electron chi connectivity index (χ4n) is 1.57. The molecule has 1 heterocycles. The highest BCUT2D eigenvalue weighted by Gasteiger charge is 2.31. The van der Waals surface area contributed by atoms with Gasteiger partial charge in [0.2, 0.25) is 5.88 Å². The Morgan fingerprint density at radius 3 is 2.36 bits per heavy atom. The molecule has 2 rings (SSSR count). The number of pyridine rings is 1. The Bertz CT molecular complexity index is 687. The van der Waals surface area contributed by atoms with Gasteiger partial charge >= 0.3 is 6.18 Å². The molecule has 1 aromatic carbocycles. The first kappa shape index (κ1) is 16.6. The average molecular weight is 350 g/mol. The van der Waals surface area contributed by atoms with Gasteiger partial charge in [-0.2, -0.15) is 13.2 Å². The van der Waals surface area contributed by atoms with Crippen LogP contribution in [0.3, 0.4) is 0 Å². The predicted molar refractivity (Wildman–Crippen MR) is 75.2 cm³/mol. The van der Waals surface area contributed by atoms with Gasteiger partial charge in [0, 0.05) is 11.8 Å². The molecular weight excluding hydrogens is 342 g/mol. The molecule has 116 valence electrons. The number of halogens is 5. The summed E-state index contributed by atoms with van der Waals surface area (Å²) in [4.78, 5) is 14.5. The topological polar surface area (TPSA) is 39.2 Å². The lowest BCUT2D eigenvalue weighted by Crippen LogP contribution is -2.06. The van der Waals surface area contributed by atoms with Crippen LogP contribution in [0, 0.1) is 0 Å². The SMILES string of the molecule is O=C(Cl)c1ccc(COc2ncc(C(F)(F)F)cc2Cl)cc1. The zero-order valence-electron chi connectivity index (χ0n) is 10.8. The maximum atomic E-state index is 12.5. The Labute approximate surface area is 133 Å². The lowest BCUT2D eigenvalue weighted by molar-refractivity contribution is -0.137. The molecule has 2 aromatic rings. The van der Waals surface area contributed by atoms with Gasteiger partial charge in [0.1, 0.15) is 11.6 Å². The first-order valence-corrected chi connectivity index (χ1v) is 6.67. The van der Waals surface area contributed by atoms with Gasteiger partial charge in [0.15, 0.2) is 0 Å². The quantitative estimate of drug-likeness (QED) is 0.750. The van der Waals surface area contributed by atoms with Crippen LogP contribution in [0.1, 0.15) is 21.5 Å². The Hall–Kier alpha value is -1.79. The molecule has 0 bridgehead atoms. The molecule has 1 aromatic heterocycles. The standard InChI is InChI=1S/C14H8Cl2F3NO2/c15-11-5-10(14(17,18)19)6-20-13(11)22-7-8-1-3-9(4-2-8)12(16)21/h1-6H,7H2. The van der Waals surface area contributed by atoms with Crippen molar-refractivity contribution in [2.75, 3.05) is 0 Å². The van der Waals surface area contributed by atoms with Gasteiger partial charge in [-0.1, -0.05) is 23.7 Å². The van der Waals surface area contributed by atoms with E-state index in [1.807, 2.05) is 0 Å². The summed E-state index contributed by atoms with van der Waals surface area (Å²) in [5, 5.41) is -0.817. The Morgan fingerprint density at radius 1 is 1.23 bits per heavy atom. The molecule has 0 fully saturated rings. The Kier molecular flexibility index (Phi) is 4.93. The summed E-state index contributed by atoms with van der Waals surface area (Å²) in [5.74, 6) is -0.104. The van der Waals surface area contributed by atoms with Crippen LogP contribution in [0.2, 0.25) is 5.02 Å². The molecule has 0 radical (unpaired) electrons. The summed E-state index contributed by atoms with van der Waals surface area (Å²) >= 11 is 11.0. The zero-order chi connectivity index (χ0) is 16.3. The molecule has 0 atom stereocenters. The van der Waals surface area contributed by atoms with Crippen molar-refractivity contribution < 1.29 is 22.7 Å². The van der Waals surface area contributed by atoms with E-state index in [0.717, 1.165) is 6.07 Å². The van der Waals surface area contributed by atoms with Gasteiger partial charge in [0.25, 0.3) is 5.24 Å². The van der Waals surface area contributed by atoms with Crippen molar-refractivity contribution in [2.45, 2.75) is 12.8 Å². The third-order valence-corrected chi connectivity index (χ3v) is 3.18. The molecule has 0 unspecified atom stereocenters. The normalized spacial score (nSPS) is 11.3. The van der Waals surface area contributed by atoms with Crippen LogP contribution in [-0.2, 0) is 12.8 Å². The van der Waals surface area contributed by atoms with Gasteiger partial charge in [-0.05, 0) is 35.4 Å². The zero-order valence-corrected chi connectivity index (χ0v) is 12.3. The fraction of sp³-hybridized carbons (Fsp3) is 0.143. The van der Waals surface area contributed by atoms with Crippen LogP contribution in [0.4, 0.5) is 13.2 Å². The van der Waals surface area contributed by atoms with Gasteiger partial charge in [-0.25, -0.2) is 4.98 Å². The summed E-state index contributed by atoms with van der Waals surface area (Å²) in [7, 11) is 0. The third kappa shape index (κ3) is 4.11. The number of benzene rings is 1. The van der Waals surface area contributed by atoms with E-state index < -0.39 is 17.0 Å². The van der Waals surface area contributed by atoms with Crippen LogP contribution >= 0.6 is 23.2 Å². The average Bonchev–Trinajstić information content (AvgIpc) is 2.45. The second kappa shape index (κ2) is 6.54. The monoisotopic (exact) mass is 349 g/mol. The molecule has 8 heteroatoms. The number of carbonyl (C=O) groups excluding carboxylic acids is 1. The van der Waals surface area contributed by atoms with Crippen molar-refractivity contribution in [1.29, 1.82) is 0 Å². The van der Waals surface area contributed by atoms with Crippen molar-refractivity contribution in [3.05, 3.63) is 58.2 Å². The minimum absolute atomic E-state index is 0.0365. The lowest BCUT2D eigenvalue weighted by atomic mass is 10.1. The number of hydrogen-bond donors (Lipinski definition) is 0. The smallest absolute Gasteiger partial charge is 0.417 e. The van der Waals surface area contributed by atoms with Crippen LogP contribution < -0.4 is 4.74 Å². The third-order valence-electron chi connectivity index (χ3n) is 2.69. The molecule has 0 spiro atoms. The van der Waals surface area contributed by atoms with Crippen LogP contribution in [-0.4, -0.2) is 10.2 Å². The highest BCUT2D eigenvalue weighted by Crippen LogP contribution is 2.33. The maximum absolute atomic E-state index is 12.5. The molecule has 3 nitrogen and oxygen atoms in total. The van der Waals surface area contributed by atoms with E-state index in [-0.39, 0.29) is 17.5 Å². The summed E-state index contributed by atoms with van der Waals surface area (Å²) in [6, 6.07) is 6.98. The minimum atomic E-state index is -4.51. The van der Waals surface area contributed by atoms with Crippen molar-refractivity contribution in [2.24, 2.45) is 0 Å². The minimum Gasteiger partial charge on any atom is -0.472 e. The van der Waals surface area contributed by atoms with Crippen LogP contribution in [0.5, 0.6) is 5.88 Å². The van der Waals surface area contributed by atoms with Gasteiger partial charge < -0.3 is 4.74 Å². The highest BCUT2D eigenvalue weighted by atomic mass is 35.5. The van der Waals surface area contributed by atoms with E-state index >= 15 is 0 Å². The van der Waals surface area contributed by atoms with Gasteiger partial charge in [0.05, 0.1) is 5.56 Å². The lowest BCUT2D eigenvalue weighted by Gasteiger charge is -2.10. The number of carbonyl (C=O) groups is 1. The largest absolute Gasteiger partial charge is 0.472 e. The molecule has 0 N–H and O–H groups in total. The van der Waals surface area contributed by atoms with E-state index in [1.165, 1.54) is 12.1 Å². The molecule has 0 aliphatic rings. The van der Waals surface area contributed by atoms with E-state index in [1.54, 1.807) is 12.1 Å². The van der Waals surface area contributed by atoms with E-state index in [9.17, 15) is 18.0 Å². The molecule has 22 heavy (non-hydrogen) atoms. The second-order valence-corrected chi connectivity index (χ2v) is 5.02. The Morgan fingerprint density at radius 2 is 1.86 bits per heavy atom.